The van der Waals surface area contributed by atoms with Crippen LogP contribution in [0.5, 0.6) is 0 Å². The number of aryl methyl sites for hydroxylation is 1. The van der Waals surface area contributed by atoms with Crippen molar-refractivity contribution in [1.29, 1.82) is 0 Å². The number of anilines is 2. The van der Waals surface area contributed by atoms with Crippen LogP contribution in [0.25, 0.3) is 0 Å². The number of sulfonamides is 1. The predicted octanol–water partition coefficient (Wildman–Crippen LogP) is 4.39. The van der Waals surface area contributed by atoms with Gasteiger partial charge in [-0.15, -0.1) is 0 Å². The highest BCUT2D eigenvalue weighted by molar-refractivity contribution is 7.99. The molecule has 8 nitrogen and oxygen atoms in total. The number of fused-ring (bicyclic) bond motifs is 2. The molecular formula is C27H28N4O4S2. The molecular weight excluding hydrogens is 508 g/mol. The van der Waals surface area contributed by atoms with Gasteiger partial charge in [0.2, 0.25) is 15.9 Å². The molecule has 3 aromatic rings. The van der Waals surface area contributed by atoms with Crippen LogP contribution in [0.2, 0.25) is 0 Å². The predicted molar refractivity (Wildman–Crippen MR) is 145 cm³/mol. The largest absolute Gasteiger partial charge is 0.379 e. The highest BCUT2D eigenvalue weighted by Crippen LogP contribution is 2.44. The van der Waals surface area contributed by atoms with Gasteiger partial charge in [0.15, 0.2) is 0 Å². The summed E-state index contributed by atoms with van der Waals surface area (Å²) in [5.74, 6) is -0.204. The van der Waals surface area contributed by atoms with Gasteiger partial charge >= 0.3 is 0 Å². The topological polar surface area (TPSA) is 100 Å². The zero-order valence-electron chi connectivity index (χ0n) is 20.4. The number of rotatable bonds is 7. The highest BCUT2D eigenvalue weighted by atomic mass is 32.2. The summed E-state index contributed by atoms with van der Waals surface area (Å²) < 4.78 is 32.2. The zero-order chi connectivity index (χ0) is 25.8. The summed E-state index contributed by atoms with van der Waals surface area (Å²) in [6, 6.07) is 21.0. The minimum Gasteiger partial charge on any atom is -0.379 e. The van der Waals surface area contributed by atoms with Gasteiger partial charge < -0.3 is 10.1 Å². The van der Waals surface area contributed by atoms with E-state index in [0.717, 1.165) is 27.4 Å². The molecule has 0 atom stereocenters. The molecule has 2 heterocycles. The smallest absolute Gasteiger partial charge is 0.243 e. The minimum absolute atomic E-state index is 0.204. The van der Waals surface area contributed by atoms with Gasteiger partial charge in [0.1, 0.15) is 0 Å². The van der Waals surface area contributed by atoms with Crippen molar-refractivity contribution < 1.29 is 17.9 Å². The molecule has 0 radical (unpaired) electrons. The maximum absolute atomic E-state index is 12.8. The van der Waals surface area contributed by atoms with Crippen LogP contribution in [0.3, 0.4) is 0 Å². The Balaban J connectivity index is 1.15. The van der Waals surface area contributed by atoms with Gasteiger partial charge in [0.25, 0.3) is 0 Å². The molecule has 2 aliphatic rings. The number of morpholine rings is 1. The second kappa shape index (κ2) is 11.1. The number of amides is 1. The third-order valence-electron chi connectivity index (χ3n) is 6.29. The van der Waals surface area contributed by atoms with E-state index >= 15 is 0 Å². The molecule has 0 saturated carbocycles. The fourth-order valence-electron chi connectivity index (χ4n) is 4.15. The molecule has 0 spiro atoms. The van der Waals surface area contributed by atoms with Crippen molar-refractivity contribution >= 4 is 44.8 Å². The van der Waals surface area contributed by atoms with Crippen LogP contribution in [-0.4, -0.2) is 50.6 Å². The third-order valence-corrected chi connectivity index (χ3v) is 9.36. The van der Waals surface area contributed by atoms with E-state index < -0.39 is 10.0 Å². The molecule has 10 heteroatoms. The molecule has 1 saturated heterocycles. The Morgan fingerprint density at radius 2 is 1.76 bits per heavy atom. The van der Waals surface area contributed by atoms with E-state index in [-0.39, 0.29) is 17.2 Å². The van der Waals surface area contributed by atoms with Crippen LogP contribution in [0, 0.1) is 0 Å². The minimum atomic E-state index is -3.52. The Hall–Kier alpha value is -3.18. The summed E-state index contributed by atoms with van der Waals surface area (Å²) in [6.45, 7) is 3.40. The lowest BCUT2D eigenvalue weighted by molar-refractivity contribution is -0.121. The van der Waals surface area contributed by atoms with E-state index in [1.807, 2.05) is 31.2 Å². The van der Waals surface area contributed by atoms with Crippen LogP contribution in [0.4, 0.5) is 11.4 Å². The standard InChI is InChI=1S/C27H28N4O4S2/c1-19(21-9-12-26-24(18-21)28-23-4-2-3-5-25(23)36-26)29-30-27(32)13-8-20-6-10-22(11-7-20)37(33,34)31-14-16-35-17-15-31/h2-7,9-12,18,28H,8,13-17H2,1H3,(H,30,32)/b29-19-. The summed E-state index contributed by atoms with van der Waals surface area (Å²) in [4.78, 5) is 15.0. The molecule has 2 N–H and O–H groups in total. The lowest BCUT2D eigenvalue weighted by atomic mass is 10.1. The maximum Gasteiger partial charge on any atom is 0.243 e. The summed E-state index contributed by atoms with van der Waals surface area (Å²) in [6.07, 6.45) is 0.725. The van der Waals surface area contributed by atoms with Gasteiger partial charge in [-0.05, 0) is 60.9 Å². The van der Waals surface area contributed by atoms with Crippen molar-refractivity contribution in [3.8, 4) is 0 Å². The number of benzene rings is 3. The lowest BCUT2D eigenvalue weighted by Gasteiger charge is -2.26. The Kier molecular flexibility index (Phi) is 7.61. The molecule has 37 heavy (non-hydrogen) atoms. The van der Waals surface area contributed by atoms with Crippen molar-refractivity contribution in [3.63, 3.8) is 0 Å². The van der Waals surface area contributed by atoms with Crippen LogP contribution in [-0.2, 0) is 26.0 Å². The van der Waals surface area contributed by atoms with Crippen LogP contribution in [0.1, 0.15) is 24.5 Å². The number of hydrogen-bond acceptors (Lipinski definition) is 7. The average Bonchev–Trinajstić information content (AvgIpc) is 2.94. The molecule has 2 aliphatic heterocycles. The van der Waals surface area contributed by atoms with E-state index in [9.17, 15) is 13.2 Å². The molecule has 0 aromatic heterocycles. The van der Waals surface area contributed by atoms with Crippen molar-refractivity contribution in [1.82, 2.24) is 9.73 Å². The van der Waals surface area contributed by atoms with Gasteiger partial charge in [-0.3, -0.25) is 4.79 Å². The quantitative estimate of drug-likeness (QED) is 0.269. The highest BCUT2D eigenvalue weighted by Gasteiger charge is 2.26. The van der Waals surface area contributed by atoms with Crippen molar-refractivity contribution in [2.75, 3.05) is 31.6 Å². The fourth-order valence-corrected chi connectivity index (χ4v) is 6.53. The SMILES string of the molecule is C/C(=N/NC(=O)CCc1ccc(S(=O)(=O)N2CCOCC2)cc1)c1ccc2c(c1)Nc1ccccc1S2. The molecule has 0 aliphatic carbocycles. The van der Waals surface area contributed by atoms with Crippen molar-refractivity contribution in [3.05, 3.63) is 77.9 Å². The molecule has 5 rings (SSSR count). The average molecular weight is 537 g/mol. The summed E-state index contributed by atoms with van der Waals surface area (Å²) in [5, 5.41) is 7.75. The number of hydrogen-bond donors (Lipinski definition) is 2. The monoisotopic (exact) mass is 536 g/mol. The summed E-state index contributed by atoms with van der Waals surface area (Å²) in [5.41, 5.74) is 7.24. The fraction of sp³-hybridized carbons (Fsp3) is 0.259. The number of carbonyl (C=O) groups is 1. The zero-order valence-corrected chi connectivity index (χ0v) is 22.1. The summed E-state index contributed by atoms with van der Waals surface area (Å²) in [7, 11) is -3.52. The van der Waals surface area contributed by atoms with Crippen LogP contribution >= 0.6 is 11.8 Å². The van der Waals surface area contributed by atoms with Gasteiger partial charge in [-0.25, -0.2) is 13.8 Å². The molecule has 1 fully saturated rings. The van der Waals surface area contributed by atoms with Gasteiger partial charge in [0, 0.05) is 29.3 Å². The van der Waals surface area contributed by atoms with E-state index in [1.54, 1.807) is 36.0 Å². The number of nitrogens with one attached hydrogen (secondary N) is 2. The van der Waals surface area contributed by atoms with E-state index in [1.165, 1.54) is 9.20 Å². The van der Waals surface area contributed by atoms with Gasteiger partial charge in [0.05, 0.1) is 35.2 Å². The molecule has 0 bridgehead atoms. The first-order valence-corrected chi connectivity index (χ1v) is 14.3. The van der Waals surface area contributed by atoms with Gasteiger partial charge in [-0.1, -0.05) is 42.1 Å². The normalized spacial score (nSPS) is 15.9. The number of ether oxygens (including phenoxy) is 1. The molecule has 3 aromatic carbocycles. The van der Waals surface area contributed by atoms with Gasteiger partial charge in [-0.2, -0.15) is 9.41 Å². The molecule has 0 unspecified atom stereocenters. The second-order valence-corrected chi connectivity index (χ2v) is 11.8. The van der Waals surface area contributed by atoms with E-state index in [4.69, 9.17) is 4.74 Å². The first-order chi connectivity index (χ1) is 17.9. The third kappa shape index (κ3) is 5.88. The van der Waals surface area contributed by atoms with Crippen LogP contribution in [0.15, 0.2) is 86.5 Å². The maximum atomic E-state index is 12.8. The van der Waals surface area contributed by atoms with E-state index in [0.29, 0.717) is 38.4 Å². The van der Waals surface area contributed by atoms with Crippen molar-refractivity contribution in [2.24, 2.45) is 5.10 Å². The Bertz CT molecular complexity index is 1430. The number of para-hydroxylation sites is 1. The van der Waals surface area contributed by atoms with E-state index in [2.05, 4.69) is 34.0 Å². The first kappa shape index (κ1) is 25.5. The Morgan fingerprint density at radius 3 is 2.54 bits per heavy atom. The number of nitrogens with zero attached hydrogens (tertiary/aromatic N) is 2. The first-order valence-electron chi connectivity index (χ1n) is 12.1. The second-order valence-electron chi connectivity index (χ2n) is 8.83. The van der Waals surface area contributed by atoms with Crippen molar-refractivity contribution in [2.45, 2.75) is 34.5 Å². The Morgan fingerprint density at radius 1 is 1.03 bits per heavy atom. The lowest BCUT2D eigenvalue weighted by Crippen LogP contribution is -2.40. The number of hydrazone groups is 1. The molecule has 1 amide bonds. The number of carbonyl (C=O) groups excluding carboxylic acids is 1. The molecule has 192 valence electrons. The summed E-state index contributed by atoms with van der Waals surface area (Å²) >= 11 is 1.72. The Labute approximate surface area is 221 Å². The van der Waals surface area contributed by atoms with Crippen LogP contribution < -0.4 is 10.7 Å².